The first-order chi connectivity index (χ1) is 10.9. The lowest BCUT2D eigenvalue weighted by Crippen LogP contribution is -2.12. The Bertz CT molecular complexity index is 929. The van der Waals surface area contributed by atoms with Crippen molar-refractivity contribution in [1.29, 1.82) is 0 Å². The molecule has 1 atom stereocenters. The maximum atomic E-state index is 12.8. The fraction of sp³-hybridized carbons (Fsp3) is 0.188. The lowest BCUT2D eigenvalue weighted by atomic mass is 9.96. The number of hydrogen-bond acceptors (Lipinski definition) is 4. The number of thiazole rings is 1. The molecule has 7 heteroatoms. The summed E-state index contributed by atoms with van der Waals surface area (Å²) >= 11 is 7.27. The van der Waals surface area contributed by atoms with Crippen LogP contribution in [0.1, 0.15) is 39.6 Å². The topological polar surface area (TPSA) is 83.0 Å². The normalized spacial score (nSPS) is 12.5. The molecule has 0 aliphatic heterocycles. The van der Waals surface area contributed by atoms with Crippen molar-refractivity contribution in [1.82, 2.24) is 9.97 Å². The predicted molar refractivity (Wildman–Crippen MR) is 89.6 cm³/mol. The lowest BCUT2D eigenvalue weighted by molar-refractivity contribution is -0.138. The first-order valence-corrected chi connectivity index (χ1v) is 8.15. The third kappa shape index (κ3) is 2.75. The van der Waals surface area contributed by atoms with Crippen molar-refractivity contribution >= 4 is 45.6 Å². The zero-order chi connectivity index (χ0) is 16.7. The van der Waals surface area contributed by atoms with Crippen LogP contribution in [0.2, 0.25) is 5.02 Å². The third-order valence-electron chi connectivity index (χ3n) is 3.64. The summed E-state index contributed by atoms with van der Waals surface area (Å²) in [6.07, 6.45) is 0. The number of halogens is 1. The van der Waals surface area contributed by atoms with Gasteiger partial charge in [0.1, 0.15) is 0 Å². The van der Waals surface area contributed by atoms with Gasteiger partial charge >= 0.3 is 5.97 Å². The molecular weight excluding hydrogens is 336 g/mol. The van der Waals surface area contributed by atoms with E-state index >= 15 is 0 Å². The van der Waals surface area contributed by atoms with E-state index in [1.807, 2.05) is 0 Å². The van der Waals surface area contributed by atoms with Crippen LogP contribution in [0.15, 0.2) is 23.6 Å². The maximum absolute atomic E-state index is 12.8. The smallest absolute Gasteiger partial charge is 0.310 e. The van der Waals surface area contributed by atoms with Crippen LogP contribution in [0.4, 0.5) is 0 Å². The zero-order valence-electron chi connectivity index (χ0n) is 12.4. The number of fused-ring (bicyclic) bond motifs is 1. The van der Waals surface area contributed by atoms with Crippen molar-refractivity contribution < 1.29 is 14.7 Å². The van der Waals surface area contributed by atoms with E-state index in [0.717, 1.165) is 5.69 Å². The van der Waals surface area contributed by atoms with Crippen molar-refractivity contribution in [2.75, 3.05) is 0 Å². The van der Waals surface area contributed by atoms with Crippen molar-refractivity contribution in [3.05, 3.63) is 50.6 Å². The Kier molecular flexibility index (Phi) is 3.95. The number of benzene rings is 1. The summed E-state index contributed by atoms with van der Waals surface area (Å²) in [6.45, 7) is 3.36. The predicted octanol–water partition coefficient (Wildman–Crippen LogP) is 4.01. The summed E-state index contributed by atoms with van der Waals surface area (Å²) in [5, 5.41) is 12.6. The molecule has 0 bridgehead atoms. The number of hydrogen-bond donors (Lipinski definition) is 2. The van der Waals surface area contributed by atoms with Crippen LogP contribution in [0.5, 0.6) is 0 Å². The molecule has 118 valence electrons. The summed E-state index contributed by atoms with van der Waals surface area (Å²) in [6, 6.07) is 5.10. The number of nitrogens with zero attached hydrogens (tertiary/aromatic N) is 1. The highest BCUT2D eigenvalue weighted by Gasteiger charge is 2.28. The SMILES string of the molecule is Cc1csc(C(=O)c2[nH]c3ccc(Cl)cc3c2C(C)C(=O)O)n1. The maximum Gasteiger partial charge on any atom is 0.310 e. The first kappa shape index (κ1) is 15.7. The van der Waals surface area contributed by atoms with Crippen LogP contribution < -0.4 is 0 Å². The third-order valence-corrected chi connectivity index (χ3v) is 4.84. The van der Waals surface area contributed by atoms with E-state index in [2.05, 4.69) is 9.97 Å². The molecule has 3 aromatic rings. The highest BCUT2D eigenvalue weighted by atomic mass is 35.5. The van der Waals surface area contributed by atoms with Crippen molar-refractivity contribution in [3.63, 3.8) is 0 Å². The number of aromatic amines is 1. The van der Waals surface area contributed by atoms with E-state index in [-0.39, 0.29) is 11.5 Å². The molecular formula is C16H13ClN2O3S. The summed E-state index contributed by atoms with van der Waals surface area (Å²) in [7, 11) is 0. The lowest BCUT2D eigenvalue weighted by Gasteiger charge is -2.08. The Morgan fingerprint density at radius 3 is 2.74 bits per heavy atom. The van der Waals surface area contributed by atoms with Gasteiger partial charge in [0.2, 0.25) is 5.78 Å². The minimum absolute atomic E-state index is 0.256. The minimum Gasteiger partial charge on any atom is -0.481 e. The number of H-pyrrole nitrogens is 1. The van der Waals surface area contributed by atoms with Gasteiger partial charge in [-0.05, 0) is 32.0 Å². The van der Waals surface area contributed by atoms with E-state index in [1.165, 1.54) is 11.3 Å². The average molecular weight is 349 g/mol. The number of rotatable bonds is 4. The molecule has 0 aliphatic rings. The monoisotopic (exact) mass is 348 g/mol. The number of ketones is 1. The summed E-state index contributed by atoms with van der Waals surface area (Å²) < 4.78 is 0. The molecule has 3 rings (SSSR count). The number of carboxylic acids is 1. The fourth-order valence-electron chi connectivity index (χ4n) is 2.50. The summed E-state index contributed by atoms with van der Waals surface area (Å²) in [5.74, 6) is -2.16. The van der Waals surface area contributed by atoms with E-state index in [9.17, 15) is 14.7 Å². The highest BCUT2D eigenvalue weighted by molar-refractivity contribution is 7.12. The van der Waals surface area contributed by atoms with Gasteiger partial charge < -0.3 is 10.1 Å². The first-order valence-electron chi connectivity index (χ1n) is 6.89. The largest absolute Gasteiger partial charge is 0.481 e. The number of nitrogens with one attached hydrogen (secondary N) is 1. The zero-order valence-corrected chi connectivity index (χ0v) is 14.0. The molecule has 0 radical (unpaired) electrons. The second-order valence-electron chi connectivity index (χ2n) is 5.29. The molecule has 0 fully saturated rings. The number of carbonyl (C=O) groups is 2. The standard InChI is InChI=1S/C16H13ClN2O3S/c1-7-6-23-15(18-7)14(20)13-12(8(2)16(21)22)10-5-9(17)3-4-11(10)19-13/h3-6,8,19H,1-2H3,(H,21,22). The molecule has 1 aromatic carbocycles. The Balaban J connectivity index is 2.25. The van der Waals surface area contributed by atoms with Gasteiger partial charge in [0.15, 0.2) is 5.01 Å². The minimum atomic E-state index is -1.00. The van der Waals surface area contributed by atoms with Crippen LogP contribution in [0.3, 0.4) is 0 Å². The summed E-state index contributed by atoms with van der Waals surface area (Å²) in [5.41, 5.74) is 2.12. The van der Waals surface area contributed by atoms with Gasteiger partial charge in [0.25, 0.3) is 0 Å². The molecule has 2 N–H and O–H groups in total. The van der Waals surface area contributed by atoms with Crippen LogP contribution in [-0.4, -0.2) is 26.8 Å². The van der Waals surface area contributed by atoms with E-state index in [0.29, 0.717) is 26.5 Å². The van der Waals surface area contributed by atoms with Gasteiger partial charge in [-0.25, -0.2) is 4.98 Å². The van der Waals surface area contributed by atoms with Gasteiger partial charge in [-0.15, -0.1) is 11.3 Å². The number of aryl methyl sites for hydroxylation is 1. The molecule has 0 amide bonds. The number of carbonyl (C=O) groups excluding carboxylic acids is 1. The number of aliphatic carboxylic acids is 1. The quantitative estimate of drug-likeness (QED) is 0.698. The van der Waals surface area contributed by atoms with Crippen molar-refractivity contribution in [3.8, 4) is 0 Å². The molecule has 0 saturated heterocycles. The van der Waals surface area contributed by atoms with Crippen LogP contribution in [-0.2, 0) is 4.79 Å². The molecule has 2 heterocycles. The van der Waals surface area contributed by atoms with E-state index in [1.54, 1.807) is 37.4 Å². The highest BCUT2D eigenvalue weighted by Crippen LogP contribution is 2.33. The Hall–Kier alpha value is -2.18. The second-order valence-corrected chi connectivity index (χ2v) is 6.58. The van der Waals surface area contributed by atoms with Crippen LogP contribution >= 0.6 is 22.9 Å². The van der Waals surface area contributed by atoms with Gasteiger partial charge in [0.05, 0.1) is 11.6 Å². The van der Waals surface area contributed by atoms with E-state index in [4.69, 9.17) is 11.6 Å². The molecule has 0 spiro atoms. The molecule has 0 saturated carbocycles. The molecule has 1 unspecified atom stereocenters. The van der Waals surface area contributed by atoms with Gasteiger partial charge in [-0.1, -0.05) is 11.6 Å². The Morgan fingerprint density at radius 2 is 2.13 bits per heavy atom. The van der Waals surface area contributed by atoms with Gasteiger partial charge in [-0.3, -0.25) is 9.59 Å². The molecule has 5 nitrogen and oxygen atoms in total. The van der Waals surface area contributed by atoms with Crippen molar-refractivity contribution in [2.24, 2.45) is 0 Å². The average Bonchev–Trinajstić information content (AvgIpc) is 3.09. The van der Waals surface area contributed by atoms with Crippen LogP contribution in [0.25, 0.3) is 10.9 Å². The van der Waals surface area contributed by atoms with Gasteiger partial charge in [-0.2, -0.15) is 0 Å². The van der Waals surface area contributed by atoms with Gasteiger partial charge in [0, 0.05) is 32.6 Å². The number of carboxylic acid groups (broad SMARTS) is 1. The number of aromatic nitrogens is 2. The molecule has 23 heavy (non-hydrogen) atoms. The van der Waals surface area contributed by atoms with Crippen LogP contribution in [0, 0.1) is 6.92 Å². The summed E-state index contributed by atoms with van der Waals surface area (Å²) in [4.78, 5) is 31.4. The van der Waals surface area contributed by atoms with E-state index < -0.39 is 11.9 Å². The Labute approximate surface area is 140 Å². The Morgan fingerprint density at radius 1 is 1.39 bits per heavy atom. The fourth-order valence-corrected chi connectivity index (χ4v) is 3.42. The molecule has 2 aromatic heterocycles. The second kappa shape index (κ2) is 5.79. The van der Waals surface area contributed by atoms with Crippen molar-refractivity contribution in [2.45, 2.75) is 19.8 Å². The molecule has 0 aliphatic carbocycles.